The van der Waals surface area contributed by atoms with Gasteiger partial charge in [-0.1, -0.05) is 177 Å². The van der Waals surface area contributed by atoms with Crippen molar-refractivity contribution in [3.8, 4) is 0 Å². The van der Waals surface area contributed by atoms with Crippen LogP contribution < -0.4 is 24.8 Å². The number of rotatable bonds is 16. The standard InChI is InChI=1S/4C12H19Si.2ClH.2Ti/c4*1-2-3-9-13(10-6-11-13)12-7-4-5-8-12;;;;/h4*4,7H,2-3,5-6,9-11H2,1H3;2*1H;;/q4*-1;;;2*+2/p-2. The summed E-state index contributed by atoms with van der Waals surface area (Å²) in [6.07, 6.45) is 54.6. The van der Waals surface area contributed by atoms with Crippen LogP contribution in [-0.2, 0) is 43.4 Å². The average molecular weight is 932 g/mol. The van der Waals surface area contributed by atoms with Crippen molar-refractivity contribution in [1.82, 2.24) is 0 Å². The van der Waals surface area contributed by atoms with E-state index in [1.165, 1.54) is 101 Å². The molecule has 0 amide bonds. The van der Waals surface area contributed by atoms with E-state index in [2.05, 4.69) is 101 Å². The van der Waals surface area contributed by atoms with Gasteiger partial charge >= 0.3 is 43.4 Å². The van der Waals surface area contributed by atoms with E-state index < -0.39 is 32.3 Å². The van der Waals surface area contributed by atoms with E-state index in [4.69, 9.17) is 0 Å². The van der Waals surface area contributed by atoms with Crippen molar-refractivity contribution in [1.29, 1.82) is 0 Å². The van der Waals surface area contributed by atoms with E-state index in [0.717, 1.165) is 25.7 Å². The summed E-state index contributed by atoms with van der Waals surface area (Å²) in [6.45, 7) is 9.24. The fourth-order valence-electron chi connectivity index (χ4n) is 10.2. The van der Waals surface area contributed by atoms with Crippen LogP contribution in [0.4, 0.5) is 0 Å². The first-order chi connectivity index (χ1) is 25.5. The maximum Gasteiger partial charge on any atom is 2.00 e. The minimum absolute atomic E-state index is 0. The molecule has 8 aliphatic rings. The topological polar surface area (TPSA) is 0 Å². The predicted octanol–water partition coefficient (Wildman–Crippen LogP) is 9.47. The Kier molecular flexibility index (Phi) is 27.8. The predicted molar refractivity (Wildman–Crippen MR) is 241 cm³/mol. The van der Waals surface area contributed by atoms with Crippen LogP contribution in [0.3, 0.4) is 0 Å². The third-order valence-electron chi connectivity index (χ3n) is 14.3. The van der Waals surface area contributed by atoms with Crippen molar-refractivity contribution in [2.75, 3.05) is 0 Å². The first-order valence-corrected chi connectivity index (χ1v) is 33.1. The van der Waals surface area contributed by atoms with Crippen LogP contribution in [0.15, 0.2) is 69.4 Å². The molecule has 8 heteroatoms. The van der Waals surface area contributed by atoms with Crippen molar-refractivity contribution < 1.29 is 68.2 Å². The van der Waals surface area contributed by atoms with Crippen LogP contribution in [0.2, 0.25) is 72.5 Å². The molecule has 4 saturated heterocycles. The number of hydrogen-bond acceptors (Lipinski definition) is 0. The molecule has 0 saturated carbocycles. The van der Waals surface area contributed by atoms with Crippen molar-refractivity contribution in [3.05, 3.63) is 93.7 Å². The first kappa shape index (κ1) is 54.8. The maximum atomic E-state index is 3.58. The molecule has 0 aromatic heterocycles. The number of halogens is 2. The van der Waals surface area contributed by atoms with Crippen LogP contribution in [0.5, 0.6) is 0 Å². The summed E-state index contributed by atoms with van der Waals surface area (Å²) in [7, 11) is -3.65. The Morgan fingerprint density at radius 3 is 0.679 bits per heavy atom. The van der Waals surface area contributed by atoms with E-state index in [1.807, 2.05) is 0 Å². The van der Waals surface area contributed by atoms with E-state index >= 15 is 0 Å². The smallest absolute Gasteiger partial charge is 1.00 e. The van der Waals surface area contributed by atoms with Crippen molar-refractivity contribution >= 4 is 32.3 Å². The Labute approximate surface area is 393 Å². The molecule has 4 aliphatic carbocycles. The zero-order chi connectivity index (χ0) is 36.6. The molecular formula is C48H76Cl2Si4Ti2-2. The minimum Gasteiger partial charge on any atom is -1.00 e. The molecule has 0 bridgehead atoms. The third-order valence-corrected chi connectivity index (χ3v) is 36.0. The molecule has 0 radical (unpaired) electrons. The van der Waals surface area contributed by atoms with Crippen LogP contribution in [0.25, 0.3) is 0 Å². The third kappa shape index (κ3) is 14.4. The Hall–Kier alpha value is 0.796. The van der Waals surface area contributed by atoms with Gasteiger partial charge < -0.3 is 24.8 Å². The van der Waals surface area contributed by atoms with Gasteiger partial charge in [-0.3, -0.25) is 24.3 Å². The molecule has 0 nitrogen and oxygen atoms in total. The van der Waals surface area contributed by atoms with Gasteiger partial charge in [-0.25, -0.2) is 45.1 Å². The van der Waals surface area contributed by atoms with Gasteiger partial charge in [0.05, 0.1) is 0 Å². The minimum atomic E-state index is -0.912. The molecule has 308 valence electrons. The Bertz CT molecular complexity index is 1170. The summed E-state index contributed by atoms with van der Waals surface area (Å²) in [5, 5.41) is 6.69. The number of hydrogen-bond donors (Lipinski definition) is 0. The van der Waals surface area contributed by atoms with Gasteiger partial charge in [-0.2, -0.15) is 24.3 Å². The van der Waals surface area contributed by atoms with E-state index in [1.54, 1.807) is 69.1 Å². The molecule has 0 N–H and O–H groups in total. The zero-order valence-corrected chi connectivity index (χ0v) is 44.8. The first-order valence-electron chi connectivity index (χ1n) is 22.6. The molecule has 4 aliphatic heterocycles. The molecule has 0 unspecified atom stereocenters. The van der Waals surface area contributed by atoms with E-state index in [0.29, 0.717) is 0 Å². The van der Waals surface area contributed by atoms with Gasteiger partial charge in [0, 0.05) is 32.3 Å². The fourth-order valence-corrected chi connectivity index (χ4v) is 28.1. The fraction of sp³-hybridized carbons (Fsp3) is 0.667. The summed E-state index contributed by atoms with van der Waals surface area (Å²) >= 11 is 0. The van der Waals surface area contributed by atoms with E-state index in [-0.39, 0.29) is 68.2 Å². The second kappa shape index (κ2) is 28.4. The maximum absolute atomic E-state index is 3.58. The molecule has 4 fully saturated rings. The van der Waals surface area contributed by atoms with Gasteiger partial charge in [-0.15, -0.1) is 25.7 Å². The molecule has 0 spiro atoms. The Morgan fingerprint density at radius 1 is 0.375 bits per heavy atom. The molecule has 8 rings (SSSR count). The summed E-state index contributed by atoms with van der Waals surface area (Å²) in [5.74, 6) is 0. The number of unbranched alkanes of at least 4 members (excludes halogenated alkanes) is 4. The zero-order valence-electron chi connectivity index (χ0n) is 36.2. The SMILES string of the molecule is CCCC[Si]1(C2=[C-]CC=C2)CCC1.CCCC[Si]1(C2=[C-]CC=C2)CCC1.CCCC[Si]1(C2=[C-]CC=C2)CCC1.CCCC[Si]1(C2=[C-]CC=C2)CCC1.[Cl-].[Cl-].[Ti+2].[Ti+2]. The van der Waals surface area contributed by atoms with Gasteiger partial charge in [0.1, 0.15) is 0 Å². The Morgan fingerprint density at radius 2 is 0.571 bits per heavy atom. The molecule has 4 heterocycles. The van der Waals surface area contributed by atoms with Gasteiger partial charge in [0.2, 0.25) is 0 Å². The molecule has 0 aromatic rings. The summed E-state index contributed by atoms with van der Waals surface area (Å²) in [4.78, 5) is 0. The summed E-state index contributed by atoms with van der Waals surface area (Å²) < 4.78 is 0. The monoisotopic (exact) mass is 930 g/mol. The number of allylic oxidation sites excluding steroid dienone is 16. The summed E-state index contributed by atoms with van der Waals surface area (Å²) in [6, 6.07) is 18.6. The van der Waals surface area contributed by atoms with Gasteiger partial charge in [-0.05, 0) is 0 Å². The normalized spacial score (nSPS) is 22.5. The van der Waals surface area contributed by atoms with Gasteiger partial charge in [0.25, 0.3) is 0 Å². The average Bonchev–Trinajstić information content (AvgIpc) is 3.93. The van der Waals surface area contributed by atoms with Crippen molar-refractivity contribution in [2.24, 2.45) is 0 Å². The largest absolute Gasteiger partial charge is 2.00 e. The molecule has 0 atom stereocenters. The van der Waals surface area contributed by atoms with Crippen LogP contribution >= 0.6 is 0 Å². The van der Waals surface area contributed by atoms with Crippen LogP contribution in [0, 0.1) is 24.3 Å². The Balaban J connectivity index is 0.000000365. The molecule has 56 heavy (non-hydrogen) atoms. The van der Waals surface area contributed by atoms with E-state index in [9.17, 15) is 0 Å². The molecular weight excluding hydrogens is 856 g/mol. The van der Waals surface area contributed by atoms with Gasteiger partial charge in [0.15, 0.2) is 0 Å². The quantitative estimate of drug-likeness (QED) is 0.107. The molecule has 0 aromatic carbocycles. The second-order valence-corrected chi connectivity index (χ2v) is 36.1. The summed E-state index contributed by atoms with van der Waals surface area (Å²) in [5.41, 5.74) is 0. The second-order valence-electron chi connectivity index (χ2n) is 17.7. The van der Waals surface area contributed by atoms with Crippen LogP contribution in [-0.4, -0.2) is 32.3 Å². The van der Waals surface area contributed by atoms with Crippen LogP contribution in [0.1, 0.15) is 130 Å². The van der Waals surface area contributed by atoms with Crippen molar-refractivity contribution in [3.63, 3.8) is 0 Å². The van der Waals surface area contributed by atoms with Crippen molar-refractivity contribution in [2.45, 2.75) is 203 Å².